The fourth-order valence-corrected chi connectivity index (χ4v) is 6.09. The maximum atomic E-state index is 12.5. The van der Waals surface area contributed by atoms with Crippen molar-refractivity contribution in [2.75, 3.05) is 18.4 Å². The molecule has 1 fully saturated rings. The number of nitrogens with zero attached hydrogens (tertiary/aromatic N) is 2. The van der Waals surface area contributed by atoms with Gasteiger partial charge < -0.3 is 5.32 Å². The molecular formula is C14H17N3O3S3. The van der Waals surface area contributed by atoms with Crippen molar-refractivity contribution in [2.45, 2.75) is 30.4 Å². The first-order chi connectivity index (χ1) is 10.9. The fourth-order valence-electron chi connectivity index (χ4n) is 2.38. The van der Waals surface area contributed by atoms with Gasteiger partial charge in [-0.3, -0.25) is 4.79 Å². The lowest BCUT2D eigenvalue weighted by atomic mass is 10.3. The highest BCUT2D eigenvalue weighted by Crippen LogP contribution is 2.28. The van der Waals surface area contributed by atoms with Crippen LogP contribution < -0.4 is 5.32 Å². The van der Waals surface area contributed by atoms with Crippen molar-refractivity contribution in [2.24, 2.45) is 0 Å². The molecule has 1 amide bonds. The number of sulfonamides is 1. The molecule has 2 aromatic heterocycles. The Morgan fingerprint density at radius 2 is 2.04 bits per heavy atom. The van der Waals surface area contributed by atoms with E-state index in [0.717, 1.165) is 33.9 Å². The molecule has 2 aromatic rings. The first kappa shape index (κ1) is 16.6. The Kier molecular flexibility index (Phi) is 4.81. The zero-order chi connectivity index (χ0) is 16.4. The molecule has 1 aliphatic rings. The van der Waals surface area contributed by atoms with Crippen molar-refractivity contribution in [1.29, 1.82) is 0 Å². The minimum Gasteiger partial charge on any atom is -0.302 e. The molecule has 9 heteroatoms. The summed E-state index contributed by atoms with van der Waals surface area (Å²) >= 11 is 2.57. The lowest BCUT2D eigenvalue weighted by Crippen LogP contribution is -2.27. The summed E-state index contributed by atoms with van der Waals surface area (Å²) in [6.07, 6.45) is 3.67. The van der Waals surface area contributed by atoms with Gasteiger partial charge in [0.2, 0.25) is 5.91 Å². The first-order valence-corrected chi connectivity index (χ1v) is 10.3. The monoisotopic (exact) mass is 371 g/mol. The molecule has 3 heterocycles. The minimum absolute atomic E-state index is 0.152. The molecular weight excluding hydrogens is 354 g/mol. The molecule has 6 nitrogen and oxygen atoms in total. The molecule has 0 aromatic carbocycles. The van der Waals surface area contributed by atoms with Gasteiger partial charge in [-0.2, -0.15) is 4.31 Å². The zero-order valence-electron chi connectivity index (χ0n) is 12.6. The van der Waals surface area contributed by atoms with Gasteiger partial charge in [0.15, 0.2) is 5.13 Å². The maximum Gasteiger partial charge on any atom is 0.252 e. The van der Waals surface area contributed by atoms with Gasteiger partial charge in [0, 0.05) is 29.0 Å². The SMILES string of the molecule is Cc1cnc(NC(=O)Cc2ccc(S(=O)(=O)N3CCCC3)s2)s1. The Morgan fingerprint density at radius 1 is 1.30 bits per heavy atom. The molecule has 0 atom stereocenters. The van der Waals surface area contributed by atoms with Crippen LogP contribution in [0.3, 0.4) is 0 Å². The Balaban J connectivity index is 1.66. The summed E-state index contributed by atoms with van der Waals surface area (Å²) < 4.78 is 26.7. The summed E-state index contributed by atoms with van der Waals surface area (Å²) in [6, 6.07) is 3.30. The number of amides is 1. The third-order valence-electron chi connectivity index (χ3n) is 3.50. The average molecular weight is 372 g/mol. The van der Waals surface area contributed by atoms with Gasteiger partial charge in [-0.1, -0.05) is 0 Å². The van der Waals surface area contributed by atoms with Crippen molar-refractivity contribution >= 4 is 43.7 Å². The molecule has 1 aliphatic heterocycles. The fraction of sp³-hybridized carbons (Fsp3) is 0.429. The van der Waals surface area contributed by atoms with E-state index in [0.29, 0.717) is 22.4 Å². The molecule has 124 valence electrons. The summed E-state index contributed by atoms with van der Waals surface area (Å²) in [5, 5.41) is 3.29. The van der Waals surface area contributed by atoms with Crippen molar-refractivity contribution in [3.63, 3.8) is 0 Å². The van der Waals surface area contributed by atoms with Crippen LogP contribution in [0.4, 0.5) is 5.13 Å². The molecule has 0 bridgehead atoms. The van der Waals surface area contributed by atoms with Gasteiger partial charge in [-0.15, -0.1) is 22.7 Å². The predicted molar refractivity (Wildman–Crippen MR) is 91.5 cm³/mol. The molecule has 0 saturated carbocycles. The van der Waals surface area contributed by atoms with Crippen LogP contribution in [0.5, 0.6) is 0 Å². The lowest BCUT2D eigenvalue weighted by molar-refractivity contribution is -0.115. The number of nitrogens with one attached hydrogen (secondary N) is 1. The molecule has 1 saturated heterocycles. The van der Waals surface area contributed by atoms with Gasteiger partial charge in [0.25, 0.3) is 10.0 Å². The van der Waals surface area contributed by atoms with Crippen LogP contribution in [0.15, 0.2) is 22.5 Å². The first-order valence-electron chi connectivity index (χ1n) is 7.26. The quantitative estimate of drug-likeness (QED) is 0.876. The number of anilines is 1. The van der Waals surface area contributed by atoms with E-state index in [1.807, 2.05) is 6.92 Å². The van der Waals surface area contributed by atoms with E-state index in [2.05, 4.69) is 10.3 Å². The number of aromatic nitrogens is 1. The second-order valence-electron chi connectivity index (χ2n) is 5.33. The number of thiazole rings is 1. The number of carbonyl (C=O) groups excluding carboxylic acids is 1. The summed E-state index contributed by atoms with van der Waals surface area (Å²) in [6.45, 7) is 3.08. The normalized spacial score (nSPS) is 15.9. The predicted octanol–water partition coefficient (Wildman–Crippen LogP) is 2.48. The average Bonchev–Trinajstić information content (AvgIpc) is 3.20. The van der Waals surface area contributed by atoms with Crippen LogP contribution in [-0.4, -0.2) is 36.7 Å². The molecule has 1 N–H and O–H groups in total. The largest absolute Gasteiger partial charge is 0.302 e. The van der Waals surface area contributed by atoms with Gasteiger partial charge in [0.05, 0.1) is 6.42 Å². The zero-order valence-corrected chi connectivity index (χ0v) is 15.1. The number of aryl methyl sites for hydroxylation is 1. The highest BCUT2D eigenvalue weighted by molar-refractivity contribution is 7.91. The van der Waals surface area contributed by atoms with Crippen LogP contribution in [0.25, 0.3) is 0 Å². The van der Waals surface area contributed by atoms with E-state index in [4.69, 9.17) is 0 Å². The van der Waals surface area contributed by atoms with E-state index in [-0.39, 0.29) is 12.3 Å². The number of hydrogen-bond donors (Lipinski definition) is 1. The molecule has 0 unspecified atom stereocenters. The van der Waals surface area contributed by atoms with Gasteiger partial charge in [-0.25, -0.2) is 13.4 Å². The third kappa shape index (κ3) is 3.79. The third-order valence-corrected chi connectivity index (χ3v) is 7.78. The topological polar surface area (TPSA) is 79.4 Å². The van der Waals surface area contributed by atoms with Gasteiger partial charge in [-0.05, 0) is 31.9 Å². The van der Waals surface area contributed by atoms with E-state index in [9.17, 15) is 13.2 Å². The highest BCUT2D eigenvalue weighted by Gasteiger charge is 2.28. The van der Waals surface area contributed by atoms with Gasteiger partial charge in [0.1, 0.15) is 4.21 Å². The van der Waals surface area contributed by atoms with Crippen LogP contribution in [0, 0.1) is 6.92 Å². The molecule has 23 heavy (non-hydrogen) atoms. The van der Waals surface area contributed by atoms with E-state index < -0.39 is 10.0 Å². The highest BCUT2D eigenvalue weighted by atomic mass is 32.2. The van der Waals surface area contributed by atoms with E-state index >= 15 is 0 Å². The molecule has 0 radical (unpaired) electrons. The maximum absolute atomic E-state index is 12.5. The number of hydrogen-bond acceptors (Lipinski definition) is 6. The van der Waals surface area contributed by atoms with E-state index in [1.165, 1.54) is 15.6 Å². The van der Waals surface area contributed by atoms with Crippen molar-refractivity contribution in [3.8, 4) is 0 Å². The van der Waals surface area contributed by atoms with Gasteiger partial charge >= 0.3 is 0 Å². The Hall–Kier alpha value is -1.29. The molecule has 0 aliphatic carbocycles. The number of rotatable bonds is 5. The molecule has 3 rings (SSSR count). The summed E-state index contributed by atoms with van der Waals surface area (Å²) in [5.74, 6) is -0.189. The van der Waals surface area contributed by atoms with Crippen molar-refractivity contribution in [3.05, 3.63) is 28.1 Å². The Bertz CT molecular complexity index is 804. The standard InChI is InChI=1S/C14H17N3O3S3/c1-10-9-15-14(21-10)16-12(18)8-11-4-5-13(22-11)23(19,20)17-6-2-3-7-17/h4-5,9H,2-3,6-8H2,1H3,(H,15,16,18). The molecule has 0 spiro atoms. The second kappa shape index (κ2) is 6.68. The lowest BCUT2D eigenvalue weighted by Gasteiger charge is -2.13. The summed E-state index contributed by atoms with van der Waals surface area (Å²) in [5.41, 5.74) is 0. The Labute approximate surface area is 143 Å². The number of carbonyl (C=O) groups is 1. The van der Waals surface area contributed by atoms with Crippen LogP contribution >= 0.6 is 22.7 Å². The Morgan fingerprint density at radius 3 is 2.70 bits per heavy atom. The van der Waals surface area contributed by atoms with Crippen LogP contribution in [-0.2, 0) is 21.2 Å². The van der Waals surface area contributed by atoms with Crippen molar-refractivity contribution in [1.82, 2.24) is 9.29 Å². The van der Waals surface area contributed by atoms with E-state index in [1.54, 1.807) is 18.3 Å². The second-order valence-corrected chi connectivity index (χ2v) is 9.90. The van der Waals surface area contributed by atoms with Crippen molar-refractivity contribution < 1.29 is 13.2 Å². The smallest absolute Gasteiger partial charge is 0.252 e. The van der Waals surface area contributed by atoms with Crippen LogP contribution in [0.1, 0.15) is 22.6 Å². The van der Waals surface area contributed by atoms with Crippen LogP contribution in [0.2, 0.25) is 0 Å². The summed E-state index contributed by atoms with van der Waals surface area (Å²) in [7, 11) is -3.40. The minimum atomic E-state index is -3.40. The number of thiophene rings is 1. The summed E-state index contributed by atoms with van der Waals surface area (Å²) in [4.78, 5) is 17.8.